The molecule has 0 bridgehead atoms. The van der Waals surface area contributed by atoms with E-state index in [-0.39, 0.29) is 5.56 Å². The molecule has 0 fully saturated rings. The number of hydrogen-bond donors (Lipinski definition) is 1. The van der Waals surface area contributed by atoms with Crippen LogP contribution >= 0.6 is 0 Å². The summed E-state index contributed by atoms with van der Waals surface area (Å²) in [6, 6.07) is 11.9. The van der Waals surface area contributed by atoms with E-state index in [1.54, 1.807) is 36.4 Å². The van der Waals surface area contributed by atoms with Crippen molar-refractivity contribution in [1.82, 2.24) is 0 Å². The molecule has 0 aliphatic rings. The number of carbonyl (C=O) groups is 1. The number of rotatable bonds is 5. The van der Waals surface area contributed by atoms with Crippen LogP contribution < -0.4 is 19.5 Å². The minimum Gasteiger partial charge on any atom is -0.496 e. The molecule has 0 aliphatic heterocycles. The van der Waals surface area contributed by atoms with Crippen LogP contribution in [0.5, 0.6) is 17.2 Å². The quantitative estimate of drug-likeness (QED) is 0.918. The molecule has 0 aliphatic carbocycles. The Morgan fingerprint density at radius 2 is 1.70 bits per heavy atom. The maximum Gasteiger partial charge on any atom is 0.263 e. The Morgan fingerprint density at radius 3 is 2.22 bits per heavy atom. The van der Waals surface area contributed by atoms with Gasteiger partial charge in [-0.25, -0.2) is 0 Å². The molecule has 0 radical (unpaired) electrons. The zero-order valence-electron chi connectivity index (χ0n) is 13.0. The first-order chi connectivity index (χ1) is 11.1. The van der Waals surface area contributed by atoms with Crippen molar-refractivity contribution in [2.75, 3.05) is 26.6 Å². The standard InChI is InChI=1S/C17H16N2O4/c1-21-13-8-14(22-2)16(15(9-13)23-3)17(20)19-12-6-4-5-11(7-12)10-18/h4-9H,1-3H3,(H,19,20). The maximum atomic E-state index is 12.6. The van der Waals surface area contributed by atoms with E-state index in [0.29, 0.717) is 28.5 Å². The summed E-state index contributed by atoms with van der Waals surface area (Å²) in [5.74, 6) is 0.767. The number of carbonyl (C=O) groups excluding carboxylic acids is 1. The SMILES string of the molecule is COc1cc(OC)c(C(=O)Nc2cccc(C#N)c2)c(OC)c1. The predicted molar refractivity (Wildman–Crippen MR) is 85.2 cm³/mol. The van der Waals surface area contributed by atoms with Crippen LogP contribution in [0.4, 0.5) is 5.69 Å². The summed E-state index contributed by atoms with van der Waals surface area (Å²) in [7, 11) is 4.43. The van der Waals surface area contributed by atoms with Gasteiger partial charge in [0.05, 0.1) is 33.0 Å². The largest absolute Gasteiger partial charge is 0.496 e. The molecule has 0 spiro atoms. The first-order valence-corrected chi connectivity index (χ1v) is 6.74. The molecule has 2 aromatic rings. The number of hydrogen-bond acceptors (Lipinski definition) is 5. The maximum absolute atomic E-state index is 12.6. The second-order valence-corrected chi connectivity index (χ2v) is 4.55. The van der Waals surface area contributed by atoms with Gasteiger partial charge >= 0.3 is 0 Å². The lowest BCUT2D eigenvalue weighted by Crippen LogP contribution is -2.15. The second-order valence-electron chi connectivity index (χ2n) is 4.55. The van der Waals surface area contributed by atoms with Crippen molar-refractivity contribution in [3.05, 3.63) is 47.5 Å². The molecular weight excluding hydrogens is 296 g/mol. The molecular formula is C17H16N2O4. The van der Waals surface area contributed by atoms with E-state index in [1.807, 2.05) is 6.07 Å². The van der Waals surface area contributed by atoms with Gasteiger partial charge in [-0.05, 0) is 18.2 Å². The Morgan fingerprint density at radius 1 is 1.04 bits per heavy atom. The van der Waals surface area contributed by atoms with Crippen molar-refractivity contribution in [2.24, 2.45) is 0 Å². The van der Waals surface area contributed by atoms with Gasteiger partial charge in [-0.1, -0.05) is 6.07 Å². The minimum atomic E-state index is -0.406. The van der Waals surface area contributed by atoms with Crippen LogP contribution in [0, 0.1) is 11.3 Å². The Balaban J connectivity index is 2.40. The number of benzene rings is 2. The highest BCUT2D eigenvalue weighted by Crippen LogP contribution is 2.34. The zero-order chi connectivity index (χ0) is 16.8. The van der Waals surface area contributed by atoms with E-state index >= 15 is 0 Å². The topological polar surface area (TPSA) is 80.6 Å². The third-order valence-corrected chi connectivity index (χ3v) is 3.19. The fraction of sp³-hybridized carbons (Fsp3) is 0.176. The molecule has 6 nitrogen and oxygen atoms in total. The molecule has 2 rings (SSSR count). The molecule has 6 heteroatoms. The summed E-state index contributed by atoms with van der Waals surface area (Å²) < 4.78 is 15.7. The van der Waals surface area contributed by atoms with Crippen molar-refractivity contribution in [3.8, 4) is 23.3 Å². The molecule has 118 valence electrons. The Kier molecular flexibility index (Phi) is 5.05. The smallest absolute Gasteiger partial charge is 0.263 e. The number of amides is 1. The summed E-state index contributed by atoms with van der Waals surface area (Å²) in [6.45, 7) is 0. The Labute approximate surface area is 134 Å². The lowest BCUT2D eigenvalue weighted by molar-refractivity contribution is 0.102. The van der Waals surface area contributed by atoms with E-state index in [2.05, 4.69) is 5.32 Å². The minimum absolute atomic E-state index is 0.248. The number of anilines is 1. The van der Waals surface area contributed by atoms with Crippen molar-refractivity contribution in [2.45, 2.75) is 0 Å². The molecule has 0 saturated heterocycles. The summed E-state index contributed by atoms with van der Waals surface area (Å²) >= 11 is 0. The average molecular weight is 312 g/mol. The normalized spacial score (nSPS) is 9.65. The highest BCUT2D eigenvalue weighted by molar-refractivity contribution is 6.08. The monoisotopic (exact) mass is 312 g/mol. The second kappa shape index (κ2) is 7.18. The van der Waals surface area contributed by atoms with Crippen LogP contribution in [0.1, 0.15) is 15.9 Å². The molecule has 0 unspecified atom stereocenters. The molecule has 0 saturated carbocycles. The molecule has 0 heterocycles. The fourth-order valence-electron chi connectivity index (χ4n) is 2.09. The number of nitrogens with one attached hydrogen (secondary N) is 1. The summed E-state index contributed by atoms with van der Waals surface area (Å²) in [5.41, 5.74) is 1.21. The van der Waals surface area contributed by atoms with Gasteiger partial charge in [0.1, 0.15) is 22.8 Å². The molecule has 0 aromatic heterocycles. The van der Waals surface area contributed by atoms with E-state index < -0.39 is 5.91 Å². The third kappa shape index (κ3) is 3.52. The Hall–Kier alpha value is -3.20. The van der Waals surface area contributed by atoms with Gasteiger partial charge in [-0.2, -0.15) is 5.26 Å². The molecule has 1 amide bonds. The van der Waals surface area contributed by atoms with Gasteiger partial charge < -0.3 is 19.5 Å². The van der Waals surface area contributed by atoms with Gasteiger partial charge in [-0.3, -0.25) is 4.79 Å². The first kappa shape index (κ1) is 16.2. The lowest BCUT2D eigenvalue weighted by Gasteiger charge is -2.15. The van der Waals surface area contributed by atoms with Crippen LogP contribution in [0.3, 0.4) is 0 Å². The van der Waals surface area contributed by atoms with Crippen molar-refractivity contribution in [3.63, 3.8) is 0 Å². The van der Waals surface area contributed by atoms with E-state index in [9.17, 15) is 4.79 Å². The van der Waals surface area contributed by atoms with Gasteiger partial charge in [-0.15, -0.1) is 0 Å². The van der Waals surface area contributed by atoms with Crippen LogP contribution in [0.25, 0.3) is 0 Å². The number of nitrogens with zero attached hydrogens (tertiary/aromatic N) is 1. The van der Waals surface area contributed by atoms with Crippen LogP contribution in [-0.2, 0) is 0 Å². The number of nitriles is 1. The number of ether oxygens (including phenoxy) is 3. The molecule has 23 heavy (non-hydrogen) atoms. The Bertz CT molecular complexity index is 740. The van der Waals surface area contributed by atoms with Crippen LogP contribution in [0.15, 0.2) is 36.4 Å². The number of methoxy groups -OCH3 is 3. The first-order valence-electron chi connectivity index (χ1n) is 6.74. The molecule has 0 atom stereocenters. The zero-order valence-corrected chi connectivity index (χ0v) is 13.0. The van der Waals surface area contributed by atoms with E-state index in [4.69, 9.17) is 19.5 Å². The lowest BCUT2D eigenvalue weighted by atomic mass is 10.1. The average Bonchev–Trinajstić information content (AvgIpc) is 2.60. The van der Waals surface area contributed by atoms with Gasteiger partial charge in [0.15, 0.2) is 0 Å². The molecule has 2 aromatic carbocycles. The van der Waals surface area contributed by atoms with Crippen molar-refractivity contribution >= 4 is 11.6 Å². The molecule has 1 N–H and O–H groups in total. The van der Waals surface area contributed by atoms with Crippen LogP contribution in [-0.4, -0.2) is 27.2 Å². The summed E-state index contributed by atoms with van der Waals surface area (Å²) in [5, 5.41) is 11.6. The van der Waals surface area contributed by atoms with Crippen LogP contribution in [0.2, 0.25) is 0 Å². The van der Waals surface area contributed by atoms with Gasteiger partial charge in [0.25, 0.3) is 5.91 Å². The predicted octanol–water partition coefficient (Wildman–Crippen LogP) is 2.84. The van der Waals surface area contributed by atoms with Crippen molar-refractivity contribution < 1.29 is 19.0 Å². The van der Waals surface area contributed by atoms with E-state index in [1.165, 1.54) is 21.3 Å². The highest BCUT2D eigenvalue weighted by Gasteiger charge is 2.20. The third-order valence-electron chi connectivity index (χ3n) is 3.19. The summed E-state index contributed by atoms with van der Waals surface area (Å²) in [6.07, 6.45) is 0. The van der Waals surface area contributed by atoms with Gasteiger partial charge in [0.2, 0.25) is 0 Å². The van der Waals surface area contributed by atoms with E-state index in [0.717, 1.165) is 0 Å². The fourth-order valence-corrected chi connectivity index (χ4v) is 2.09. The summed E-state index contributed by atoms with van der Waals surface area (Å²) in [4.78, 5) is 12.6. The van der Waals surface area contributed by atoms with Crippen molar-refractivity contribution in [1.29, 1.82) is 5.26 Å². The highest BCUT2D eigenvalue weighted by atomic mass is 16.5. The van der Waals surface area contributed by atoms with Gasteiger partial charge in [0, 0.05) is 17.8 Å².